The molecule has 2 rings (SSSR count). The zero-order chi connectivity index (χ0) is 14.0. The van der Waals surface area contributed by atoms with Crippen LogP contribution in [0.25, 0.3) is 10.6 Å². The van der Waals surface area contributed by atoms with E-state index >= 15 is 0 Å². The lowest BCUT2D eigenvalue weighted by Crippen LogP contribution is -2.11. The summed E-state index contributed by atoms with van der Waals surface area (Å²) in [5.74, 6) is 0. The number of hydrogen-bond acceptors (Lipinski definition) is 3. The van der Waals surface area contributed by atoms with Gasteiger partial charge in [-0.2, -0.15) is 0 Å². The molecule has 3 heteroatoms. The van der Waals surface area contributed by atoms with Crippen molar-refractivity contribution >= 4 is 11.3 Å². The molecule has 0 aliphatic heterocycles. The summed E-state index contributed by atoms with van der Waals surface area (Å²) >= 11 is 1.65. The summed E-state index contributed by atoms with van der Waals surface area (Å²) < 4.78 is 0. The highest BCUT2D eigenvalue weighted by molar-refractivity contribution is 7.13. The minimum absolute atomic E-state index is 0.146. The molecule has 1 aromatic carbocycles. The number of thiazole rings is 1. The Labute approximate surface area is 119 Å². The molecular weight excluding hydrogens is 254 g/mol. The fourth-order valence-corrected chi connectivity index (χ4v) is 2.91. The van der Waals surface area contributed by atoms with Gasteiger partial charge in [0.25, 0.3) is 0 Å². The van der Waals surface area contributed by atoms with E-state index in [4.69, 9.17) is 5.11 Å². The van der Waals surface area contributed by atoms with E-state index in [0.717, 1.165) is 10.7 Å². The monoisotopic (exact) mass is 275 g/mol. The number of benzene rings is 1. The van der Waals surface area contributed by atoms with Gasteiger partial charge in [0, 0.05) is 24.0 Å². The zero-order valence-corrected chi connectivity index (χ0v) is 12.8. The topological polar surface area (TPSA) is 33.1 Å². The van der Waals surface area contributed by atoms with Crippen molar-refractivity contribution in [2.45, 2.75) is 39.5 Å². The molecule has 0 atom stereocenters. The second kappa shape index (κ2) is 5.43. The SMILES string of the molecule is Cc1ccc(C(C)(C)C)cc1-c1nc(CCO)cs1. The molecule has 0 spiro atoms. The summed E-state index contributed by atoms with van der Waals surface area (Å²) in [6.07, 6.45) is 0.633. The molecule has 102 valence electrons. The highest BCUT2D eigenvalue weighted by Gasteiger charge is 2.16. The van der Waals surface area contributed by atoms with Crippen LogP contribution in [0.5, 0.6) is 0 Å². The predicted octanol–water partition coefficient (Wildman–Crippen LogP) is 3.95. The zero-order valence-electron chi connectivity index (χ0n) is 12.0. The van der Waals surface area contributed by atoms with Crippen LogP contribution in [0.4, 0.5) is 0 Å². The van der Waals surface area contributed by atoms with E-state index in [0.29, 0.717) is 6.42 Å². The molecule has 1 N–H and O–H groups in total. The van der Waals surface area contributed by atoms with Crippen molar-refractivity contribution in [3.05, 3.63) is 40.4 Å². The van der Waals surface area contributed by atoms with Crippen LogP contribution in [0.15, 0.2) is 23.6 Å². The van der Waals surface area contributed by atoms with E-state index in [1.54, 1.807) is 11.3 Å². The summed E-state index contributed by atoms with van der Waals surface area (Å²) in [5.41, 5.74) is 4.91. The van der Waals surface area contributed by atoms with Crippen molar-refractivity contribution < 1.29 is 5.11 Å². The second-order valence-corrected chi connectivity index (χ2v) is 6.76. The Kier molecular flexibility index (Phi) is 4.07. The lowest BCUT2D eigenvalue weighted by molar-refractivity contribution is 0.298. The van der Waals surface area contributed by atoms with Gasteiger partial charge < -0.3 is 5.11 Å². The fourth-order valence-electron chi connectivity index (χ4n) is 1.98. The highest BCUT2D eigenvalue weighted by atomic mass is 32.1. The molecule has 1 aromatic heterocycles. The summed E-state index contributed by atoms with van der Waals surface area (Å²) in [6, 6.07) is 6.61. The highest BCUT2D eigenvalue weighted by Crippen LogP contribution is 2.31. The average Bonchev–Trinajstić information content (AvgIpc) is 2.77. The van der Waals surface area contributed by atoms with Gasteiger partial charge >= 0.3 is 0 Å². The van der Waals surface area contributed by atoms with Crippen LogP contribution in [0, 0.1) is 6.92 Å². The number of rotatable bonds is 3. The molecule has 0 unspecified atom stereocenters. The van der Waals surface area contributed by atoms with Crippen molar-refractivity contribution in [3.63, 3.8) is 0 Å². The Bertz CT molecular complexity index is 566. The van der Waals surface area contributed by atoms with Crippen molar-refractivity contribution in [2.75, 3.05) is 6.61 Å². The first-order chi connectivity index (χ1) is 8.91. The van der Waals surface area contributed by atoms with Crippen LogP contribution in [0.3, 0.4) is 0 Å². The summed E-state index contributed by atoms with van der Waals surface area (Å²) in [5, 5.41) is 12.1. The maximum atomic E-state index is 8.97. The van der Waals surface area contributed by atoms with Gasteiger partial charge in [0.15, 0.2) is 0 Å². The third-order valence-corrected chi connectivity index (χ3v) is 4.18. The standard InChI is InChI=1S/C16H21NOS/c1-11-5-6-12(16(2,3)4)9-14(11)15-17-13(7-8-18)10-19-15/h5-6,9-10,18H,7-8H2,1-4H3. The van der Waals surface area contributed by atoms with Crippen LogP contribution in [0.2, 0.25) is 0 Å². The van der Waals surface area contributed by atoms with Gasteiger partial charge in [0.2, 0.25) is 0 Å². The molecule has 0 saturated heterocycles. The minimum Gasteiger partial charge on any atom is -0.396 e. The van der Waals surface area contributed by atoms with E-state index in [1.807, 2.05) is 5.38 Å². The first-order valence-corrected chi connectivity index (χ1v) is 7.46. The molecule has 2 nitrogen and oxygen atoms in total. The predicted molar refractivity (Wildman–Crippen MR) is 81.8 cm³/mol. The van der Waals surface area contributed by atoms with Gasteiger partial charge in [0.1, 0.15) is 5.01 Å². The summed E-state index contributed by atoms with van der Waals surface area (Å²) in [4.78, 5) is 4.61. The number of aliphatic hydroxyl groups excluding tert-OH is 1. The van der Waals surface area contributed by atoms with E-state index in [1.165, 1.54) is 16.7 Å². The van der Waals surface area contributed by atoms with Crippen LogP contribution in [0.1, 0.15) is 37.6 Å². The summed E-state index contributed by atoms with van der Waals surface area (Å²) in [7, 11) is 0. The number of aromatic nitrogens is 1. The first kappa shape index (κ1) is 14.2. The van der Waals surface area contributed by atoms with E-state index < -0.39 is 0 Å². The van der Waals surface area contributed by atoms with E-state index in [2.05, 4.69) is 50.9 Å². The smallest absolute Gasteiger partial charge is 0.123 e. The van der Waals surface area contributed by atoms with Crippen LogP contribution in [-0.2, 0) is 11.8 Å². The van der Waals surface area contributed by atoms with Gasteiger partial charge in [0.05, 0.1) is 5.69 Å². The fraction of sp³-hybridized carbons (Fsp3) is 0.438. The Morgan fingerprint density at radius 1 is 1.26 bits per heavy atom. The van der Waals surface area contributed by atoms with E-state index in [-0.39, 0.29) is 12.0 Å². The lowest BCUT2D eigenvalue weighted by Gasteiger charge is -2.20. The van der Waals surface area contributed by atoms with Crippen molar-refractivity contribution in [2.24, 2.45) is 0 Å². The van der Waals surface area contributed by atoms with Gasteiger partial charge in [-0.05, 0) is 29.5 Å². The first-order valence-electron chi connectivity index (χ1n) is 6.58. The maximum absolute atomic E-state index is 8.97. The average molecular weight is 275 g/mol. The van der Waals surface area contributed by atoms with Crippen molar-refractivity contribution in [1.82, 2.24) is 4.98 Å². The van der Waals surface area contributed by atoms with Crippen molar-refractivity contribution in [1.29, 1.82) is 0 Å². The molecule has 0 aliphatic carbocycles. The normalized spacial score (nSPS) is 11.8. The number of nitrogens with zero attached hydrogens (tertiary/aromatic N) is 1. The Balaban J connectivity index is 2.42. The molecule has 0 bridgehead atoms. The summed E-state index contributed by atoms with van der Waals surface area (Å²) in [6.45, 7) is 8.94. The van der Waals surface area contributed by atoms with Crippen LogP contribution >= 0.6 is 11.3 Å². The number of aliphatic hydroxyl groups is 1. The van der Waals surface area contributed by atoms with Gasteiger partial charge in [-0.3, -0.25) is 0 Å². The van der Waals surface area contributed by atoms with Crippen molar-refractivity contribution in [3.8, 4) is 10.6 Å². The molecule has 19 heavy (non-hydrogen) atoms. The number of hydrogen-bond donors (Lipinski definition) is 1. The molecule has 0 radical (unpaired) electrons. The van der Waals surface area contributed by atoms with Gasteiger partial charge in [-0.25, -0.2) is 4.98 Å². The molecule has 0 saturated carbocycles. The quantitative estimate of drug-likeness (QED) is 0.920. The molecule has 0 aliphatic rings. The molecular formula is C16H21NOS. The Morgan fingerprint density at radius 3 is 2.63 bits per heavy atom. The van der Waals surface area contributed by atoms with Gasteiger partial charge in [-0.1, -0.05) is 32.9 Å². The largest absolute Gasteiger partial charge is 0.396 e. The maximum Gasteiger partial charge on any atom is 0.123 e. The third kappa shape index (κ3) is 3.23. The van der Waals surface area contributed by atoms with Gasteiger partial charge in [-0.15, -0.1) is 11.3 Å². The molecule has 0 fully saturated rings. The molecule has 0 amide bonds. The molecule has 2 aromatic rings. The number of aryl methyl sites for hydroxylation is 1. The lowest BCUT2D eigenvalue weighted by atomic mass is 9.85. The van der Waals surface area contributed by atoms with Crippen LogP contribution < -0.4 is 0 Å². The Morgan fingerprint density at radius 2 is 2.00 bits per heavy atom. The molecule has 1 heterocycles. The Hall–Kier alpha value is -1.19. The van der Waals surface area contributed by atoms with E-state index in [9.17, 15) is 0 Å². The third-order valence-electron chi connectivity index (χ3n) is 3.25. The van der Waals surface area contributed by atoms with Crippen LogP contribution in [-0.4, -0.2) is 16.7 Å². The minimum atomic E-state index is 0.146. The second-order valence-electron chi connectivity index (χ2n) is 5.90.